The molecule has 1 aromatic heterocycles. The molecule has 0 N–H and O–H groups in total. The van der Waals surface area contributed by atoms with Gasteiger partial charge in [-0.1, -0.05) is 30.3 Å². The monoisotopic (exact) mass is 390 g/mol. The summed E-state index contributed by atoms with van der Waals surface area (Å²) in [6.07, 6.45) is 3.47. The number of hydrogen-bond acceptors (Lipinski definition) is 5. The van der Waals surface area contributed by atoms with Crippen molar-refractivity contribution < 1.29 is 13.9 Å². The lowest BCUT2D eigenvalue weighted by Crippen LogP contribution is -2.28. The van der Waals surface area contributed by atoms with Crippen LogP contribution in [0.2, 0.25) is 0 Å². The summed E-state index contributed by atoms with van der Waals surface area (Å²) in [5.41, 5.74) is 1.73. The van der Waals surface area contributed by atoms with Crippen LogP contribution in [0, 0.1) is 0 Å². The number of amides is 1. The maximum atomic E-state index is 13.0. The Hall–Kier alpha value is -3.25. The van der Waals surface area contributed by atoms with Crippen LogP contribution in [-0.4, -0.2) is 23.1 Å². The Morgan fingerprint density at radius 3 is 2.54 bits per heavy atom. The van der Waals surface area contributed by atoms with Gasteiger partial charge in [0, 0.05) is 0 Å². The van der Waals surface area contributed by atoms with Gasteiger partial charge in [-0.15, -0.1) is 0 Å². The Labute approximate surface area is 167 Å². The van der Waals surface area contributed by atoms with Crippen LogP contribution < -0.4 is 4.74 Å². The van der Waals surface area contributed by atoms with E-state index in [1.807, 2.05) is 72.8 Å². The molecule has 6 heteroatoms. The van der Waals surface area contributed by atoms with Gasteiger partial charge in [0.25, 0.3) is 5.91 Å². The minimum atomic E-state index is -0.0908. The first-order chi connectivity index (χ1) is 13.7. The number of rotatable bonds is 5. The molecule has 1 saturated heterocycles. The highest BCUT2D eigenvalue weighted by Crippen LogP contribution is 2.35. The van der Waals surface area contributed by atoms with Crippen molar-refractivity contribution in [3.8, 4) is 5.75 Å². The summed E-state index contributed by atoms with van der Waals surface area (Å²) in [6.45, 7) is 0.338. The van der Waals surface area contributed by atoms with E-state index in [0.717, 1.165) is 17.0 Å². The fourth-order valence-corrected chi connectivity index (χ4v) is 3.75. The third-order valence-electron chi connectivity index (χ3n) is 4.18. The lowest BCUT2D eigenvalue weighted by Gasteiger charge is -2.13. The Morgan fingerprint density at radius 2 is 1.86 bits per heavy atom. The topological polar surface area (TPSA) is 55.0 Å². The number of ether oxygens (including phenoxy) is 1. The van der Waals surface area contributed by atoms with Crippen LogP contribution in [0.5, 0.6) is 5.75 Å². The van der Waals surface area contributed by atoms with Crippen molar-refractivity contribution in [3.05, 3.63) is 89.2 Å². The van der Waals surface area contributed by atoms with Crippen LogP contribution >= 0.6 is 11.8 Å². The average molecular weight is 390 g/mol. The number of benzene rings is 2. The zero-order chi connectivity index (χ0) is 19.3. The Kier molecular flexibility index (Phi) is 5.30. The van der Waals surface area contributed by atoms with E-state index >= 15 is 0 Å². The molecule has 28 heavy (non-hydrogen) atoms. The van der Waals surface area contributed by atoms with Crippen molar-refractivity contribution in [2.75, 3.05) is 7.11 Å². The van der Waals surface area contributed by atoms with Gasteiger partial charge in [0.05, 0.1) is 30.5 Å². The Bertz CT molecular complexity index is 1010. The number of methoxy groups -OCH3 is 1. The number of para-hydroxylation sites is 1. The fraction of sp³-hybridized carbons (Fsp3) is 0.0909. The first kappa shape index (κ1) is 18.1. The lowest BCUT2D eigenvalue weighted by molar-refractivity contribution is -0.122. The van der Waals surface area contributed by atoms with E-state index in [9.17, 15) is 4.79 Å². The van der Waals surface area contributed by atoms with Crippen LogP contribution in [0.4, 0.5) is 5.69 Å². The predicted octanol–water partition coefficient (Wildman–Crippen LogP) is 5.09. The van der Waals surface area contributed by atoms with Crippen molar-refractivity contribution in [1.82, 2.24) is 4.90 Å². The van der Waals surface area contributed by atoms with Crippen LogP contribution in [-0.2, 0) is 11.3 Å². The highest BCUT2D eigenvalue weighted by Gasteiger charge is 2.34. The van der Waals surface area contributed by atoms with Crippen LogP contribution in [0.1, 0.15) is 11.3 Å². The zero-order valence-corrected chi connectivity index (χ0v) is 16.1. The van der Waals surface area contributed by atoms with E-state index in [2.05, 4.69) is 4.99 Å². The molecule has 0 saturated carbocycles. The van der Waals surface area contributed by atoms with E-state index in [-0.39, 0.29) is 5.91 Å². The van der Waals surface area contributed by atoms with Crippen molar-refractivity contribution in [2.45, 2.75) is 6.54 Å². The van der Waals surface area contributed by atoms with Gasteiger partial charge in [-0.25, -0.2) is 4.99 Å². The smallest absolute Gasteiger partial charge is 0.267 e. The fourth-order valence-electron chi connectivity index (χ4n) is 2.75. The molecule has 0 radical (unpaired) electrons. The lowest BCUT2D eigenvalue weighted by atomic mass is 10.2. The highest BCUT2D eigenvalue weighted by atomic mass is 32.2. The largest absolute Gasteiger partial charge is 0.497 e. The molecule has 5 nitrogen and oxygen atoms in total. The number of aliphatic imine (C=N–C) groups is 1. The molecule has 2 aromatic carbocycles. The number of carbonyl (C=O) groups excluding carboxylic acids is 1. The zero-order valence-electron chi connectivity index (χ0n) is 15.2. The first-order valence-corrected chi connectivity index (χ1v) is 9.56. The number of amidine groups is 1. The molecule has 140 valence electrons. The summed E-state index contributed by atoms with van der Waals surface area (Å²) >= 11 is 1.36. The van der Waals surface area contributed by atoms with Gasteiger partial charge in [0.1, 0.15) is 11.5 Å². The molecule has 2 heterocycles. The van der Waals surface area contributed by atoms with Crippen LogP contribution in [0.15, 0.2) is 87.3 Å². The molecule has 0 spiro atoms. The standard InChI is InChI=1S/C22H18N2O3S/c1-26-18-11-9-16(10-12-18)14-20-21(25)24(15-19-8-5-13-27-19)22(28-20)23-17-6-3-2-4-7-17/h2-14H,15H2,1H3/b20-14+,23-22?. The molecule has 0 atom stereocenters. The summed E-state index contributed by atoms with van der Waals surface area (Å²) in [6, 6.07) is 20.8. The van der Waals surface area contributed by atoms with Crippen molar-refractivity contribution in [2.24, 2.45) is 4.99 Å². The molecule has 0 bridgehead atoms. The molecular formula is C22H18N2O3S. The van der Waals surface area contributed by atoms with E-state index in [1.165, 1.54) is 11.8 Å². The van der Waals surface area contributed by atoms with Gasteiger partial charge in [0.15, 0.2) is 5.17 Å². The second-order valence-corrected chi connectivity index (χ2v) is 7.09. The van der Waals surface area contributed by atoms with E-state index in [1.54, 1.807) is 18.3 Å². The van der Waals surface area contributed by atoms with E-state index in [0.29, 0.717) is 22.4 Å². The summed E-state index contributed by atoms with van der Waals surface area (Å²) in [5, 5.41) is 0.632. The third kappa shape index (κ3) is 4.02. The number of thioether (sulfide) groups is 1. The summed E-state index contributed by atoms with van der Waals surface area (Å²) in [7, 11) is 1.63. The SMILES string of the molecule is COc1ccc(/C=C2/SC(=Nc3ccccc3)N(Cc3ccco3)C2=O)cc1. The van der Waals surface area contributed by atoms with E-state index in [4.69, 9.17) is 9.15 Å². The van der Waals surface area contributed by atoms with Crippen molar-refractivity contribution in [1.29, 1.82) is 0 Å². The highest BCUT2D eigenvalue weighted by molar-refractivity contribution is 8.18. The molecule has 0 unspecified atom stereocenters. The molecular weight excluding hydrogens is 372 g/mol. The van der Waals surface area contributed by atoms with Crippen molar-refractivity contribution >= 4 is 34.6 Å². The summed E-state index contributed by atoms with van der Waals surface area (Å²) < 4.78 is 10.6. The normalized spacial score (nSPS) is 16.9. The number of nitrogens with zero attached hydrogens (tertiary/aromatic N) is 2. The minimum Gasteiger partial charge on any atom is -0.497 e. The van der Waals surface area contributed by atoms with Gasteiger partial charge < -0.3 is 9.15 Å². The number of furan rings is 1. The maximum absolute atomic E-state index is 13.0. The molecule has 0 aliphatic carbocycles. The first-order valence-electron chi connectivity index (χ1n) is 8.74. The Balaban J connectivity index is 1.66. The minimum absolute atomic E-state index is 0.0908. The molecule has 4 rings (SSSR count). The second kappa shape index (κ2) is 8.19. The van der Waals surface area contributed by atoms with Gasteiger partial charge in [-0.3, -0.25) is 9.69 Å². The van der Waals surface area contributed by atoms with Gasteiger partial charge in [-0.2, -0.15) is 0 Å². The molecule has 1 amide bonds. The quantitative estimate of drug-likeness (QED) is 0.569. The average Bonchev–Trinajstić information content (AvgIpc) is 3.34. The summed E-state index contributed by atoms with van der Waals surface area (Å²) in [4.78, 5) is 20.0. The Morgan fingerprint density at radius 1 is 1.07 bits per heavy atom. The number of carbonyl (C=O) groups is 1. The van der Waals surface area contributed by atoms with Crippen molar-refractivity contribution in [3.63, 3.8) is 0 Å². The van der Waals surface area contributed by atoms with Crippen LogP contribution in [0.3, 0.4) is 0 Å². The van der Waals surface area contributed by atoms with Gasteiger partial charge >= 0.3 is 0 Å². The predicted molar refractivity (Wildman–Crippen MR) is 111 cm³/mol. The molecule has 1 aliphatic heterocycles. The molecule has 3 aromatic rings. The molecule has 1 aliphatic rings. The van der Waals surface area contributed by atoms with Gasteiger partial charge in [0.2, 0.25) is 0 Å². The molecule has 1 fully saturated rings. The maximum Gasteiger partial charge on any atom is 0.267 e. The third-order valence-corrected chi connectivity index (χ3v) is 5.18. The van der Waals surface area contributed by atoms with Gasteiger partial charge in [-0.05, 0) is 59.8 Å². The number of hydrogen-bond donors (Lipinski definition) is 0. The van der Waals surface area contributed by atoms with Crippen LogP contribution in [0.25, 0.3) is 6.08 Å². The summed E-state index contributed by atoms with van der Waals surface area (Å²) in [5.74, 6) is 1.39. The van der Waals surface area contributed by atoms with E-state index < -0.39 is 0 Å². The second-order valence-electron chi connectivity index (χ2n) is 6.08.